The van der Waals surface area contributed by atoms with E-state index in [1.807, 2.05) is 30.3 Å². The maximum Gasteiger partial charge on any atom is 0.267 e. The van der Waals surface area contributed by atoms with Crippen molar-refractivity contribution in [2.75, 3.05) is 5.75 Å². The van der Waals surface area contributed by atoms with E-state index in [4.69, 9.17) is 4.98 Å². The Balaban J connectivity index is 1.41. The third-order valence-corrected chi connectivity index (χ3v) is 7.84. The molecule has 0 saturated carbocycles. The summed E-state index contributed by atoms with van der Waals surface area (Å²) in [5.74, 6) is -0.612. The molecule has 3 N–H and O–H groups in total. The molecule has 0 unspecified atom stereocenters. The Morgan fingerprint density at radius 1 is 1.17 bits per heavy atom. The van der Waals surface area contributed by atoms with Crippen LogP contribution in [0.15, 0.2) is 63.6 Å². The fourth-order valence-electron chi connectivity index (χ4n) is 4.07. The standard InChI is InChI=1S/C25H22N4O4S2/c30-17-11-10-15(19(31)12-17)13-26-28-21(32)14-34-25-27-23-22(18-8-4-5-9-20(18)35-23)24(33)29(25)16-6-2-1-3-7-16/h1-3,6-7,10-13,30-31H,4-5,8-9,14H2,(H,28,32)/b26-13+. The second kappa shape index (κ2) is 9.93. The first-order valence-electron chi connectivity index (χ1n) is 11.1. The summed E-state index contributed by atoms with van der Waals surface area (Å²) in [6.45, 7) is 0. The van der Waals surface area contributed by atoms with Crippen molar-refractivity contribution >= 4 is 45.4 Å². The third kappa shape index (κ3) is 4.80. The number of nitrogens with zero attached hydrogens (tertiary/aromatic N) is 3. The van der Waals surface area contributed by atoms with Gasteiger partial charge in [-0.1, -0.05) is 30.0 Å². The molecule has 2 aromatic carbocycles. The number of hydrazone groups is 1. The number of phenolic OH excluding ortho intramolecular Hbond substituents is 2. The van der Waals surface area contributed by atoms with Crippen molar-refractivity contribution < 1.29 is 15.0 Å². The highest BCUT2D eigenvalue weighted by molar-refractivity contribution is 7.99. The Bertz CT molecular complexity index is 1500. The van der Waals surface area contributed by atoms with E-state index in [9.17, 15) is 19.8 Å². The summed E-state index contributed by atoms with van der Waals surface area (Å²) < 4.78 is 1.58. The van der Waals surface area contributed by atoms with Gasteiger partial charge in [0.15, 0.2) is 5.16 Å². The summed E-state index contributed by atoms with van der Waals surface area (Å²) in [7, 11) is 0. The number of fused-ring (bicyclic) bond motifs is 3. The number of hydrogen-bond donors (Lipinski definition) is 3. The van der Waals surface area contributed by atoms with Gasteiger partial charge in [0, 0.05) is 16.5 Å². The topological polar surface area (TPSA) is 117 Å². The van der Waals surface area contributed by atoms with Crippen molar-refractivity contribution in [2.45, 2.75) is 30.8 Å². The Labute approximate surface area is 209 Å². The lowest BCUT2D eigenvalue weighted by Crippen LogP contribution is -2.24. The van der Waals surface area contributed by atoms with Crippen LogP contribution >= 0.6 is 23.1 Å². The van der Waals surface area contributed by atoms with Gasteiger partial charge >= 0.3 is 0 Å². The molecule has 1 aliphatic carbocycles. The molecule has 0 saturated heterocycles. The molecule has 1 aliphatic rings. The van der Waals surface area contributed by atoms with E-state index in [0.717, 1.165) is 36.1 Å². The van der Waals surface area contributed by atoms with Gasteiger partial charge < -0.3 is 10.2 Å². The van der Waals surface area contributed by atoms with Crippen LogP contribution in [0.25, 0.3) is 15.9 Å². The van der Waals surface area contributed by atoms with E-state index in [2.05, 4.69) is 10.5 Å². The summed E-state index contributed by atoms with van der Waals surface area (Å²) >= 11 is 2.74. The van der Waals surface area contributed by atoms with E-state index >= 15 is 0 Å². The largest absolute Gasteiger partial charge is 0.508 e. The Kier molecular flexibility index (Phi) is 6.56. The second-order valence-corrected chi connectivity index (χ2v) is 10.1. The summed E-state index contributed by atoms with van der Waals surface area (Å²) in [5.41, 5.74) is 4.48. The van der Waals surface area contributed by atoms with E-state index in [1.54, 1.807) is 15.9 Å². The molecule has 0 atom stereocenters. The fourth-order valence-corrected chi connectivity index (χ4v) is 6.17. The zero-order valence-corrected chi connectivity index (χ0v) is 20.2. The molecule has 0 bridgehead atoms. The van der Waals surface area contributed by atoms with Crippen LogP contribution in [-0.4, -0.2) is 37.6 Å². The van der Waals surface area contributed by atoms with E-state index in [0.29, 0.717) is 21.8 Å². The highest BCUT2D eigenvalue weighted by atomic mass is 32.2. The van der Waals surface area contributed by atoms with Gasteiger partial charge in [-0.2, -0.15) is 5.10 Å². The Morgan fingerprint density at radius 3 is 2.77 bits per heavy atom. The first-order valence-corrected chi connectivity index (χ1v) is 12.9. The number of rotatable bonds is 6. The molecule has 35 heavy (non-hydrogen) atoms. The number of thiophene rings is 1. The zero-order valence-electron chi connectivity index (χ0n) is 18.6. The second-order valence-electron chi connectivity index (χ2n) is 8.09. The van der Waals surface area contributed by atoms with Gasteiger partial charge in [-0.05, 0) is 55.5 Å². The monoisotopic (exact) mass is 506 g/mol. The summed E-state index contributed by atoms with van der Waals surface area (Å²) in [6, 6.07) is 13.4. The van der Waals surface area contributed by atoms with Gasteiger partial charge in [0.1, 0.15) is 16.3 Å². The smallest absolute Gasteiger partial charge is 0.267 e. The maximum atomic E-state index is 13.7. The van der Waals surface area contributed by atoms with Crippen LogP contribution in [0.4, 0.5) is 0 Å². The molecule has 178 valence electrons. The van der Waals surface area contributed by atoms with Crippen molar-refractivity contribution in [1.82, 2.24) is 15.0 Å². The van der Waals surface area contributed by atoms with E-state index < -0.39 is 0 Å². The molecule has 0 aliphatic heterocycles. The SMILES string of the molecule is O=C(CSc1nc2sc3c(c2c(=O)n1-c1ccccc1)CCCC3)N/N=C/c1ccc(O)cc1O. The Hall–Kier alpha value is -3.63. The van der Waals surface area contributed by atoms with Gasteiger partial charge in [-0.15, -0.1) is 11.3 Å². The van der Waals surface area contributed by atoms with Crippen molar-refractivity contribution in [3.8, 4) is 17.2 Å². The lowest BCUT2D eigenvalue weighted by atomic mass is 9.97. The first kappa shape index (κ1) is 23.1. The number of carbonyl (C=O) groups is 1. The fraction of sp³-hybridized carbons (Fsp3) is 0.200. The van der Waals surface area contributed by atoms with Crippen LogP contribution in [0, 0.1) is 0 Å². The van der Waals surface area contributed by atoms with E-state index in [-0.39, 0.29) is 28.7 Å². The number of aryl methyl sites for hydroxylation is 2. The molecule has 1 amide bonds. The number of hydrogen-bond acceptors (Lipinski definition) is 8. The minimum atomic E-state index is -0.385. The van der Waals surface area contributed by atoms with Crippen LogP contribution in [0.1, 0.15) is 28.8 Å². The number of aromatic nitrogens is 2. The molecule has 5 rings (SSSR count). The summed E-state index contributed by atoms with van der Waals surface area (Å²) in [6.07, 6.45) is 5.35. The molecule has 4 aromatic rings. The third-order valence-electron chi connectivity index (χ3n) is 5.71. The molecule has 2 heterocycles. The number of aromatic hydroxyl groups is 2. The van der Waals surface area contributed by atoms with Crippen LogP contribution in [-0.2, 0) is 17.6 Å². The zero-order chi connectivity index (χ0) is 24.4. The predicted octanol–water partition coefficient (Wildman–Crippen LogP) is 3.98. The lowest BCUT2D eigenvalue weighted by molar-refractivity contribution is -0.118. The van der Waals surface area contributed by atoms with Crippen LogP contribution in [0.3, 0.4) is 0 Å². The summed E-state index contributed by atoms with van der Waals surface area (Å²) in [5, 5.41) is 24.2. The number of para-hydroxylation sites is 1. The molecule has 2 aromatic heterocycles. The summed E-state index contributed by atoms with van der Waals surface area (Å²) in [4.78, 5) is 32.9. The minimum Gasteiger partial charge on any atom is -0.508 e. The van der Waals surface area contributed by atoms with Crippen LogP contribution in [0.5, 0.6) is 11.5 Å². The molecule has 0 fully saturated rings. The first-order chi connectivity index (χ1) is 17.0. The Morgan fingerprint density at radius 2 is 1.97 bits per heavy atom. The molecular formula is C25H22N4O4S2. The normalized spacial score (nSPS) is 13.3. The number of nitrogens with one attached hydrogen (secondary N) is 1. The van der Waals surface area contributed by atoms with Crippen LogP contribution in [0.2, 0.25) is 0 Å². The molecule has 8 nitrogen and oxygen atoms in total. The van der Waals surface area contributed by atoms with Crippen molar-refractivity contribution in [2.24, 2.45) is 5.10 Å². The average molecular weight is 507 g/mol. The van der Waals surface area contributed by atoms with Gasteiger partial charge in [-0.3, -0.25) is 14.2 Å². The quantitative estimate of drug-likeness (QED) is 0.158. The molecular weight excluding hydrogens is 484 g/mol. The number of amides is 1. The molecule has 0 spiro atoms. The number of thioether (sulfide) groups is 1. The molecule has 0 radical (unpaired) electrons. The number of benzene rings is 2. The van der Waals surface area contributed by atoms with Crippen molar-refractivity contribution in [3.63, 3.8) is 0 Å². The minimum absolute atomic E-state index is 0.00519. The average Bonchev–Trinajstić information content (AvgIpc) is 3.23. The van der Waals surface area contributed by atoms with Gasteiger partial charge in [0.05, 0.1) is 23.0 Å². The predicted molar refractivity (Wildman–Crippen MR) is 138 cm³/mol. The molecule has 10 heteroatoms. The highest BCUT2D eigenvalue weighted by Gasteiger charge is 2.23. The maximum absolute atomic E-state index is 13.7. The number of carbonyl (C=O) groups excluding carboxylic acids is 1. The van der Waals surface area contributed by atoms with Crippen molar-refractivity contribution in [3.05, 3.63) is 74.9 Å². The van der Waals surface area contributed by atoms with Gasteiger partial charge in [0.2, 0.25) is 0 Å². The van der Waals surface area contributed by atoms with Crippen LogP contribution < -0.4 is 11.0 Å². The van der Waals surface area contributed by atoms with E-state index in [1.165, 1.54) is 41.1 Å². The van der Waals surface area contributed by atoms with Gasteiger partial charge in [0.25, 0.3) is 11.5 Å². The lowest BCUT2D eigenvalue weighted by Gasteiger charge is -2.13. The number of phenols is 2. The highest BCUT2D eigenvalue weighted by Crippen LogP contribution is 2.35. The van der Waals surface area contributed by atoms with Crippen molar-refractivity contribution in [1.29, 1.82) is 0 Å². The van der Waals surface area contributed by atoms with Gasteiger partial charge in [-0.25, -0.2) is 10.4 Å².